The molecule has 4 nitrogen and oxygen atoms in total. The number of carbonyl (C=O) groups excluding carboxylic acids is 1. The minimum absolute atomic E-state index is 0.107. The molecule has 0 fully saturated rings. The summed E-state index contributed by atoms with van der Waals surface area (Å²) in [6.07, 6.45) is 0. The van der Waals surface area contributed by atoms with Crippen LogP contribution in [-0.2, 0) is 0 Å². The first kappa shape index (κ1) is 14.7. The summed E-state index contributed by atoms with van der Waals surface area (Å²) >= 11 is 8.14. The number of halogens is 2. The van der Waals surface area contributed by atoms with E-state index < -0.39 is 0 Å². The summed E-state index contributed by atoms with van der Waals surface area (Å²) in [5.74, 6) is 0.628. The summed E-state index contributed by atoms with van der Waals surface area (Å²) in [5, 5.41) is 6.85. The number of thiophene rings is 1. The van der Waals surface area contributed by atoms with Gasteiger partial charge in [0.05, 0.1) is 20.4 Å². The average molecular weight is 408 g/mol. The van der Waals surface area contributed by atoms with Crippen LogP contribution in [0.4, 0.5) is 0 Å². The van der Waals surface area contributed by atoms with E-state index in [2.05, 4.69) is 42.3 Å². The Morgan fingerprint density at radius 2 is 2.16 bits per heavy atom. The number of aryl methyl sites for hydroxylation is 2. The molecule has 0 aromatic carbocycles. The summed E-state index contributed by atoms with van der Waals surface area (Å²) in [7, 11) is 0. The van der Waals surface area contributed by atoms with Gasteiger partial charge in [-0.05, 0) is 58.7 Å². The minimum Gasteiger partial charge on any atom is -0.361 e. The third-order valence-corrected chi connectivity index (χ3v) is 5.99. The van der Waals surface area contributed by atoms with Crippen LogP contribution in [0.1, 0.15) is 39.7 Å². The molecule has 19 heavy (non-hydrogen) atoms. The highest BCUT2D eigenvalue weighted by atomic mass is 79.9. The van der Waals surface area contributed by atoms with E-state index in [1.165, 1.54) is 11.3 Å². The summed E-state index contributed by atoms with van der Waals surface area (Å²) in [6, 6.07) is 1.66. The second-order valence-electron chi connectivity index (χ2n) is 4.17. The lowest BCUT2D eigenvalue weighted by atomic mass is 10.1. The van der Waals surface area contributed by atoms with Gasteiger partial charge in [-0.25, -0.2) is 0 Å². The van der Waals surface area contributed by atoms with E-state index in [9.17, 15) is 4.79 Å². The molecule has 0 aliphatic carbocycles. The molecule has 0 aliphatic heterocycles. The van der Waals surface area contributed by atoms with Crippen molar-refractivity contribution in [3.05, 3.63) is 36.2 Å². The number of carbonyl (C=O) groups is 1. The van der Waals surface area contributed by atoms with E-state index in [0.29, 0.717) is 4.88 Å². The molecule has 0 spiro atoms. The predicted octanol–water partition coefficient (Wildman–Crippen LogP) is 4.37. The van der Waals surface area contributed by atoms with Gasteiger partial charge in [0.15, 0.2) is 0 Å². The van der Waals surface area contributed by atoms with E-state index in [1.807, 2.05) is 20.8 Å². The summed E-state index contributed by atoms with van der Waals surface area (Å²) in [6.45, 7) is 5.63. The Kier molecular flexibility index (Phi) is 4.47. The molecule has 7 heteroatoms. The zero-order chi connectivity index (χ0) is 14.2. The van der Waals surface area contributed by atoms with E-state index in [4.69, 9.17) is 4.52 Å². The van der Waals surface area contributed by atoms with Gasteiger partial charge in [0.1, 0.15) is 5.76 Å². The third kappa shape index (κ3) is 3.09. The monoisotopic (exact) mass is 406 g/mol. The smallest absolute Gasteiger partial charge is 0.261 e. The van der Waals surface area contributed by atoms with Crippen molar-refractivity contribution in [2.45, 2.75) is 26.8 Å². The third-order valence-electron chi connectivity index (χ3n) is 2.74. The van der Waals surface area contributed by atoms with E-state index in [0.717, 1.165) is 25.3 Å². The van der Waals surface area contributed by atoms with E-state index >= 15 is 0 Å². The molecule has 1 amide bonds. The van der Waals surface area contributed by atoms with Crippen LogP contribution in [0.5, 0.6) is 0 Å². The number of amides is 1. The first-order chi connectivity index (χ1) is 8.90. The molecule has 2 aromatic rings. The van der Waals surface area contributed by atoms with Crippen LogP contribution in [0.3, 0.4) is 0 Å². The van der Waals surface area contributed by atoms with Crippen molar-refractivity contribution >= 4 is 49.1 Å². The van der Waals surface area contributed by atoms with Gasteiger partial charge in [-0.15, -0.1) is 11.3 Å². The maximum atomic E-state index is 12.1. The van der Waals surface area contributed by atoms with Crippen LogP contribution in [-0.4, -0.2) is 11.1 Å². The van der Waals surface area contributed by atoms with Crippen LogP contribution < -0.4 is 5.32 Å². The Labute approximate surface area is 131 Å². The lowest BCUT2D eigenvalue weighted by Crippen LogP contribution is -2.26. The maximum Gasteiger partial charge on any atom is 0.261 e. The second kappa shape index (κ2) is 5.76. The predicted molar refractivity (Wildman–Crippen MR) is 81.6 cm³/mol. The zero-order valence-corrected chi connectivity index (χ0v) is 14.6. The molecule has 1 atom stereocenters. The molecule has 1 N–H and O–H groups in total. The Bertz CT molecular complexity index is 582. The van der Waals surface area contributed by atoms with Crippen molar-refractivity contribution < 1.29 is 9.32 Å². The summed E-state index contributed by atoms with van der Waals surface area (Å²) < 4.78 is 6.90. The molecular formula is C12H12Br2N2O2S. The SMILES string of the molecule is Cc1noc(C)c1C(C)NC(=O)c1cc(Br)c(Br)s1. The fourth-order valence-corrected chi connectivity index (χ4v) is 3.85. The van der Waals surface area contributed by atoms with Gasteiger partial charge >= 0.3 is 0 Å². The zero-order valence-electron chi connectivity index (χ0n) is 10.6. The molecule has 0 bridgehead atoms. The van der Waals surface area contributed by atoms with Crippen LogP contribution in [0, 0.1) is 13.8 Å². The van der Waals surface area contributed by atoms with Gasteiger partial charge in [0, 0.05) is 10.0 Å². The first-order valence-corrected chi connectivity index (χ1v) is 7.99. The van der Waals surface area contributed by atoms with Crippen LogP contribution in [0.25, 0.3) is 0 Å². The highest BCUT2D eigenvalue weighted by Crippen LogP contribution is 2.32. The fourth-order valence-electron chi connectivity index (χ4n) is 1.91. The second-order valence-corrected chi connectivity index (χ2v) is 7.39. The number of hydrogen-bond acceptors (Lipinski definition) is 4. The van der Waals surface area contributed by atoms with Crippen LogP contribution >= 0.6 is 43.2 Å². The lowest BCUT2D eigenvalue weighted by molar-refractivity contribution is 0.0944. The Morgan fingerprint density at radius 1 is 1.47 bits per heavy atom. The van der Waals surface area contributed by atoms with E-state index in [1.54, 1.807) is 6.07 Å². The Morgan fingerprint density at radius 3 is 2.63 bits per heavy atom. The van der Waals surface area contributed by atoms with Gasteiger partial charge in [0.2, 0.25) is 0 Å². The molecule has 2 aromatic heterocycles. The number of hydrogen-bond donors (Lipinski definition) is 1. The van der Waals surface area contributed by atoms with Gasteiger partial charge in [-0.1, -0.05) is 5.16 Å². The molecule has 0 radical (unpaired) electrons. The quantitative estimate of drug-likeness (QED) is 0.821. The standard InChI is InChI=1S/C12H12Br2N2O2S/c1-5(10-6(2)16-18-7(10)3)15-12(17)9-4-8(13)11(14)19-9/h4-5H,1-3H3,(H,15,17). The maximum absolute atomic E-state index is 12.1. The molecular weight excluding hydrogens is 396 g/mol. The molecule has 2 rings (SSSR count). The Balaban J connectivity index is 2.15. The largest absolute Gasteiger partial charge is 0.361 e. The van der Waals surface area contributed by atoms with Gasteiger partial charge < -0.3 is 9.84 Å². The van der Waals surface area contributed by atoms with Gasteiger partial charge in [-0.2, -0.15) is 0 Å². The number of nitrogens with zero attached hydrogens (tertiary/aromatic N) is 1. The van der Waals surface area contributed by atoms with Crippen molar-refractivity contribution in [1.29, 1.82) is 0 Å². The van der Waals surface area contributed by atoms with Crippen LogP contribution in [0.15, 0.2) is 18.8 Å². The highest BCUT2D eigenvalue weighted by molar-refractivity contribution is 9.13. The number of rotatable bonds is 3. The highest BCUT2D eigenvalue weighted by Gasteiger charge is 2.20. The molecule has 0 saturated carbocycles. The van der Waals surface area contributed by atoms with Crippen molar-refractivity contribution in [3.8, 4) is 0 Å². The normalized spacial score (nSPS) is 12.5. The van der Waals surface area contributed by atoms with Gasteiger partial charge in [0.25, 0.3) is 5.91 Å². The van der Waals surface area contributed by atoms with Crippen molar-refractivity contribution in [2.75, 3.05) is 0 Å². The minimum atomic E-state index is -0.140. The molecule has 2 heterocycles. The van der Waals surface area contributed by atoms with Crippen molar-refractivity contribution in [2.24, 2.45) is 0 Å². The molecule has 0 aliphatic rings. The van der Waals surface area contributed by atoms with Crippen molar-refractivity contribution in [1.82, 2.24) is 10.5 Å². The lowest BCUT2D eigenvalue weighted by Gasteiger charge is -2.12. The Hall–Kier alpha value is -0.660. The summed E-state index contributed by atoms with van der Waals surface area (Å²) in [5.41, 5.74) is 1.74. The first-order valence-electron chi connectivity index (χ1n) is 5.58. The summed E-state index contributed by atoms with van der Waals surface area (Å²) in [4.78, 5) is 12.8. The van der Waals surface area contributed by atoms with E-state index in [-0.39, 0.29) is 11.9 Å². The average Bonchev–Trinajstić information content (AvgIpc) is 2.83. The van der Waals surface area contributed by atoms with Crippen LogP contribution in [0.2, 0.25) is 0 Å². The fraction of sp³-hybridized carbons (Fsp3) is 0.333. The molecule has 0 saturated heterocycles. The van der Waals surface area contributed by atoms with Gasteiger partial charge in [-0.3, -0.25) is 4.79 Å². The number of nitrogens with one attached hydrogen (secondary N) is 1. The topological polar surface area (TPSA) is 55.1 Å². The van der Waals surface area contributed by atoms with Crippen molar-refractivity contribution in [3.63, 3.8) is 0 Å². The number of aromatic nitrogens is 1. The molecule has 102 valence electrons. The molecule has 1 unspecified atom stereocenters.